The van der Waals surface area contributed by atoms with Gasteiger partial charge < -0.3 is 9.47 Å². The maximum absolute atomic E-state index is 13.3. The van der Waals surface area contributed by atoms with Crippen molar-refractivity contribution < 1.29 is 23.9 Å². The number of para-hydroxylation sites is 1. The van der Waals surface area contributed by atoms with Crippen molar-refractivity contribution >= 4 is 63.0 Å². The second-order valence-corrected chi connectivity index (χ2v) is 9.87. The van der Waals surface area contributed by atoms with Gasteiger partial charge in [-0.05, 0) is 81.3 Å². The molecule has 1 aliphatic rings. The van der Waals surface area contributed by atoms with Crippen LogP contribution in [0, 0.1) is 10.5 Å². The van der Waals surface area contributed by atoms with E-state index in [9.17, 15) is 14.4 Å². The number of amides is 4. The van der Waals surface area contributed by atoms with Gasteiger partial charge in [0, 0.05) is 0 Å². The summed E-state index contributed by atoms with van der Waals surface area (Å²) in [6.45, 7) is 2.13. The van der Waals surface area contributed by atoms with Crippen LogP contribution >= 0.6 is 22.6 Å². The number of nitrogens with one attached hydrogen (secondary N) is 1. The number of ether oxygens (including phenoxy) is 2. The average molecular weight is 618 g/mol. The normalized spacial score (nSPS) is 14.7. The quantitative estimate of drug-likeness (QED) is 0.163. The Balaban J connectivity index is 1.45. The summed E-state index contributed by atoms with van der Waals surface area (Å²) in [4.78, 5) is 39.5. The molecular weight excluding hydrogens is 595 g/mol. The molecule has 0 unspecified atom stereocenters. The number of carbonyl (C=O) groups is 3. The number of nitrogens with zero attached hydrogens (tertiary/aromatic N) is 1. The molecule has 1 N–H and O–H groups in total. The Hall–Kier alpha value is -4.18. The number of urea groups is 1. The Morgan fingerprint density at radius 3 is 2.47 bits per heavy atom. The average Bonchev–Trinajstić information content (AvgIpc) is 2.91. The third kappa shape index (κ3) is 4.87. The predicted octanol–water partition coefficient (Wildman–Crippen LogP) is 6.01. The van der Waals surface area contributed by atoms with Crippen LogP contribution in [0.1, 0.15) is 16.7 Å². The van der Waals surface area contributed by atoms with E-state index in [2.05, 4.69) is 46.1 Å². The highest BCUT2D eigenvalue weighted by Crippen LogP contribution is 2.36. The van der Waals surface area contributed by atoms with E-state index in [1.807, 2.05) is 30.3 Å². The van der Waals surface area contributed by atoms with E-state index in [4.69, 9.17) is 9.47 Å². The van der Waals surface area contributed by atoms with Crippen molar-refractivity contribution in [2.75, 3.05) is 12.0 Å². The highest BCUT2D eigenvalue weighted by molar-refractivity contribution is 14.1. The highest BCUT2D eigenvalue weighted by atomic mass is 127. The number of rotatable bonds is 6. The van der Waals surface area contributed by atoms with Gasteiger partial charge in [-0.3, -0.25) is 14.9 Å². The first-order valence-corrected chi connectivity index (χ1v) is 12.9. The van der Waals surface area contributed by atoms with Gasteiger partial charge in [0.15, 0.2) is 11.5 Å². The van der Waals surface area contributed by atoms with Crippen molar-refractivity contribution in [3.63, 3.8) is 0 Å². The van der Waals surface area contributed by atoms with E-state index in [-0.39, 0.29) is 5.57 Å². The first-order chi connectivity index (χ1) is 18.4. The minimum atomic E-state index is -0.782. The molecule has 1 heterocycles. The van der Waals surface area contributed by atoms with Crippen LogP contribution in [0.2, 0.25) is 0 Å². The lowest BCUT2D eigenvalue weighted by atomic mass is 10.0. The van der Waals surface area contributed by atoms with Gasteiger partial charge in [0.25, 0.3) is 11.8 Å². The van der Waals surface area contributed by atoms with Gasteiger partial charge in [-0.2, -0.15) is 0 Å². The van der Waals surface area contributed by atoms with Crippen LogP contribution in [-0.4, -0.2) is 25.0 Å². The topological polar surface area (TPSA) is 84.9 Å². The van der Waals surface area contributed by atoms with Crippen LogP contribution in [0.4, 0.5) is 10.5 Å². The largest absolute Gasteiger partial charge is 0.493 e. The molecule has 4 aromatic rings. The van der Waals surface area contributed by atoms with Crippen molar-refractivity contribution in [2.45, 2.75) is 13.5 Å². The summed E-state index contributed by atoms with van der Waals surface area (Å²) in [6.07, 6.45) is 1.45. The summed E-state index contributed by atoms with van der Waals surface area (Å²) in [5, 5.41) is 4.51. The number of methoxy groups -OCH3 is 1. The van der Waals surface area contributed by atoms with E-state index >= 15 is 0 Å². The number of anilines is 1. The lowest BCUT2D eigenvalue weighted by Crippen LogP contribution is -2.54. The van der Waals surface area contributed by atoms with Gasteiger partial charge in [-0.25, -0.2) is 9.69 Å². The number of imide groups is 2. The van der Waals surface area contributed by atoms with Gasteiger partial charge in [0.2, 0.25) is 0 Å². The third-order valence-corrected chi connectivity index (χ3v) is 7.07. The van der Waals surface area contributed by atoms with Crippen LogP contribution in [-0.2, 0) is 16.2 Å². The zero-order chi connectivity index (χ0) is 26.8. The summed E-state index contributed by atoms with van der Waals surface area (Å²) in [5.74, 6) is -0.438. The van der Waals surface area contributed by atoms with E-state index in [1.54, 1.807) is 37.3 Å². The third-order valence-electron chi connectivity index (χ3n) is 6.27. The van der Waals surface area contributed by atoms with Crippen LogP contribution in [0.25, 0.3) is 16.8 Å². The first kappa shape index (κ1) is 25.5. The summed E-state index contributed by atoms with van der Waals surface area (Å²) in [6, 6.07) is 23.9. The number of hydrogen-bond acceptors (Lipinski definition) is 5. The fourth-order valence-corrected chi connectivity index (χ4v) is 5.17. The van der Waals surface area contributed by atoms with Crippen molar-refractivity contribution in [2.24, 2.45) is 0 Å². The Bertz CT molecular complexity index is 1620. The lowest BCUT2D eigenvalue weighted by molar-refractivity contribution is -0.122. The van der Waals surface area contributed by atoms with Crippen molar-refractivity contribution in [3.8, 4) is 11.5 Å². The summed E-state index contributed by atoms with van der Waals surface area (Å²) < 4.78 is 12.5. The molecule has 1 saturated heterocycles. The maximum Gasteiger partial charge on any atom is 0.335 e. The summed E-state index contributed by atoms with van der Waals surface area (Å²) >= 11 is 2.14. The molecule has 0 spiro atoms. The zero-order valence-corrected chi connectivity index (χ0v) is 22.8. The number of hydrogen-bond donors (Lipinski definition) is 1. The number of benzene rings is 4. The van der Waals surface area contributed by atoms with Gasteiger partial charge in [-0.15, -0.1) is 0 Å². The molecule has 0 radical (unpaired) electrons. The van der Waals surface area contributed by atoms with Crippen molar-refractivity contribution in [1.82, 2.24) is 5.32 Å². The number of barbiturate groups is 1. The SMILES string of the molecule is COc1cc(/C=C2\C(=O)NC(=O)N(c3ccccc3C)C2=O)cc(I)c1OCc1cccc2ccccc12. The molecule has 1 fully saturated rings. The fraction of sp³-hybridized carbons (Fsp3) is 0.100. The van der Waals surface area contributed by atoms with Crippen molar-refractivity contribution in [1.29, 1.82) is 0 Å². The molecular formula is C30H23IN2O5. The van der Waals surface area contributed by atoms with Gasteiger partial charge in [0.05, 0.1) is 16.4 Å². The second kappa shape index (κ2) is 10.7. The van der Waals surface area contributed by atoms with Crippen LogP contribution in [0.15, 0.2) is 84.4 Å². The molecule has 0 aromatic heterocycles. The monoisotopic (exact) mass is 618 g/mol. The lowest BCUT2D eigenvalue weighted by Gasteiger charge is -2.27. The van der Waals surface area contributed by atoms with E-state index < -0.39 is 17.8 Å². The maximum atomic E-state index is 13.3. The van der Waals surface area contributed by atoms with E-state index in [0.717, 1.165) is 30.4 Å². The highest BCUT2D eigenvalue weighted by Gasteiger charge is 2.37. The Morgan fingerprint density at radius 2 is 1.68 bits per heavy atom. The number of halogens is 1. The molecule has 0 aliphatic carbocycles. The molecule has 8 heteroatoms. The van der Waals surface area contributed by atoms with E-state index in [1.165, 1.54) is 13.2 Å². The first-order valence-electron chi connectivity index (χ1n) is 11.8. The van der Waals surface area contributed by atoms with Crippen LogP contribution in [0.5, 0.6) is 11.5 Å². The molecule has 0 saturated carbocycles. The molecule has 38 heavy (non-hydrogen) atoms. The minimum absolute atomic E-state index is 0.157. The molecule has 0 bridgehead atoms. The number of aryl methyl sites for hydroxylation is 1. The minimum Gasteiger partial charge on any atom is -0.493 e. The predicted molar refractivity (Wildman–Crippen MR) is 154 cm³/mol. The molecule has 4 aromatic carbocycles. The molecule has 7 nitrogen and oxygen atoms in total. The fourth-order valence-electron chi connectivity index (χ4n) is 4.39. The van der Waals surface area contributed by atoms with Gasteiger partial charge >= 0.3 is 6.03 Å². The van der Waals surface area contributed by atoms with Crippen molar-refractivity contribution in [3.05, 3.63) is 105 Å². The molecule has 4 amide bonds. The Labute approximate surface area is 233 Å². The molecule has 1 aliphatic heterocycles. The smallest absolute Gasteiger partial charge is 0.335 e. The van der Waals surface area contributed by atoms with E-state index in [0.29, 0.717) is 29.4 Å². The Kier molecular flexibility index (Phi) is 7.15. The molecule has 0 atom stereocenters. The summed E-state index contributed by atoms with van der Waals surface area (Å²) in [7, 11) is 1.53. The number of fused-ring (bicyclic) bond motifs is 1. The molecule has 190 valence electrons. The van der Waals surface area contributed by atoms with Gasteiger partial charge in [0.1, 0.15) is 12.2 Å². The summed E-state index contributed by atoms with van der Waals surface area (Å²) in [5.41, 5.74) is 2.58. The Morgan fingerprint density at radius 1 is 0.947 bits per heavy atom. The standard InChI is InChI=1S/C30H23IN2O5/c1-18-8-3-6-13-25(18)33-29(35)23(28(34)32-30(33)36)14-19-15-24(31)27(26(16-19)37-2)38-17-21-11-7-10-20-9-4-5-12-22(20)21/h3-16H,17H2,1-2H3,(H,32,34,36)/b23-14+. The molecule has 5 rings (SSSR count). The number of carbonyl (C=O) groups excluding carboxylic acids is 3. The zero-order valence-electron chi connectivity index (χ0n) is 20.7. The van der Waals surface area contributed by atoms with Crippen LogP contribution in [0.3, 0.4) is 0 Å². The van der Waals surface area contributed by atoms with Gasteiger partial charge in [-0.1, -0.05) is 60.7 Å². The van der Waals surface area contributed by atoms with Crippen LogP contribution < -0.4 is 19.7 Å². The second-order valence-electron chi connectivity index (χ2n) is 8.71.